The number of hydrogen-bond donors (Lipinski definition) is 0. The van der Waals surface area contributed by atoms with Crippen molar-refractivity contribution >= 4 is 5.91 Å². The number of aromatic nitrogens is 4. The van der Waals surface area contributed by atoms with E-state index in [-0.39, 0.29) is 17.0 Å². The predicted molar refractivity (Wildman–Crippen MR) is 107 cm³/mol. The molecule has 1 aliphatic heterocycles. The second-order valence-electron chi connectivity index (χ2n) is 8.51. The number of carbonyl (C=O) groups is 1. The van der Waals surface area contributed by atoms with Crippen LogP contribution < -0.4 is 0 Å². The van der Waals surface area contributed by atoms with Crippen molar-refractivity contribution in [2.24, 2.45) is 14.1 Å². The summed E-state index contributed by atoms with van der Waals surface area (Å²) in [4.78, 5) is 15.0. The van der Waals surface area contributed by atoms with E-state index in [4.69, 9.17) is 0 Å². The second kappa shape index (κ2) is 6.91. The Labute approximate surface area is 181 Å². The van der Waals surface area contributed by atoms with E-state index in [1.54, 1.807) is 25.9 Å². The lowest BCUT2D eigenvalue weighted by Crippen LogP contribution is -2.39. The Morgan fingerprint density at radius 2 is 1.78 bits per heavy atom. The van der Waals surface area contributed by atoms with Gasteiger partial charge in [-0.3, -0.25) is 14.2 Å². The molecular formula is C22H21F4N5O. The van der Waals surface area contributed by atoms with Crippen molar-refractivity contribution in [1.82, 2.24) is 24.5 Å². The van der Waals surface area contributed by atoms with E-state index in [1.165, 1.54) is 15.6 Å². The summed E-state index contributed by atoms with van der Waals surface area (Å²) in [7, 11) is 3.25. The standard InChI is InChI=1S/C22H21F4N5O/c1-11-18-13(19(29(2)28-18)12-8-15(23)17(25)16(24)9-12)4-7-31(11)21(32)14-10-27-30(3)20(14)22(26)5-6-22/h8-11H,4-7H2,1-3H3/t11-/m0/s1. The van der Waals surface area contributed by atoms with Gasteiger partial charge in [0.1, 0.15) is 0 Å². The third kappa shape index (κ3) is 2.96. The molecule has 1 aliphatic carbocycles. The van der Waals surface area contributed by atoms with Crippen LogP contribution in [0, 0.1) is 17.5 Å². The van der Waals surface area contributed by atoms with Crippen molar-refractivity contribution in [3.8, 4) is 11.3 Å². The molecule has 2 aromatic heterocycles. The number of halogens is 4. The fraction of sp³-hybridized carbons (Fsp3) is 0.409. The SMILES string of the molecule is C[C@H]1c2nn(C)c(-c3cc(F)c(F)c(F)c3)c2CCN1C(=O)c1cnn(C)c1C1(F)CC1. The summed E-state index contributed by atoms with van der Waals surface area (Å²) in [6.07, 6.45) is 2.50. The zero-order valence-electron chi connectivity index (χ0n) is 17.8. The molecule has 0 unspecified atom stereocenters. The smallest absolute Gasteiger partial charge is 0.258 e. The highest BCUT2D eigenvalue weighted by atomic mass is 19.2. The summed E-state index contributed by atoms with van der Waals surface area (Å²) in [6, 6.07) is 1.43. The third-order valence-corrected chi connectivity index (χ3v) is 6.44. The minimum Gasteiger partial charge on any atom is -0.330 e. The minimum atomic E-state index is -1.52. The van der Waals surface area contributed by atoms with E-state index in [1.807, 2.05) is 0 Å². The van der Waals surface area contributed by atoms with Crippen molar-refractivity contribution in [3.05, 3.63) is 58.3 Å². The second-order valence-corrected chi connectivity index (χ2v) is 8.51. The number of aryl methyl sites for hydroxylation is 2. The summed E-state index contributed by atoms with van der Waals surface area (Å²) in [6.45, 7) is 2.11. The molecule has 5 rings (SSSR count). The van der Waals surface area contributed by atoms with E-state index >= 15 is 0 Å². The van der Waals surface area contributed by atoms with Gasteiger partial charge in [0.25, 0.3) is 5.91 Å². The average Bonchev–Trinajstić information content (AvgIpc) is 3.20. The van der Waals surface area contributed by atoms with Crippen molar-refractivity contribution in [1.29, 1.82) is 0 Å². The Morgan fingerprint density at radius 1 is 1.12 bits per heavy atom. The number of carbonyl (C=O) groups excluding carboxylic acids is 1. The summed E-state index contributed by atoms with van der Waals surface area (Å²) in [5, 5.41) is 8.59. The fourth-order valence-corrected chi connectivity index (χ4v) is 4.70. The van der Waals surface area contributed by atoms with Crippen molar-refractivity contribution in [2.45, 2.75) is 37.9 Å². The molecule has 0 spiro atoms. The summed E-state index contributed by atoms with van der Waals surface area (Å²) >= 11 is 0. The first kappa shape index (κ1) is 20.7. The maximum Gasteiger partial charge on any atom is 0.258 e. The number of benzene rings is 1. The topological polar surface area (TPSA) is 56.0 Å². The van der Waals surface area contributed by atoms with Crippen LogP contribution in [0.25, 0.3) is 11.3 Å². The number of nitrogens with zero attached hydrogens (tertiary/aromatic N) is 5. The van der Waals surface area contributed by atoms with Crippen LogP contribution in [0.1, 0.15) is 53.1 Å². The van der Waals surface area contributed by atoms with Gasteiger partial charge in [0, 0.05) is 31.8 Å². The molecule has 0 radical (unpaired) electrons. The van der Waals surface area contributed by atoms with Crippen LogP contribution >= 0.6 is 0 Å². The first-order chi connectivity index (χ1) is 15.1. The van der Waals surface area contributed by atoms with Crippen LogP contribution in [0.4, 0.5) is 17.6 Å². The van der Waals surface area contributed by atoms with Crippen LogP contribution in [0.3, 0.4) is 0 Å². The Bertz CT molecular complexity index is 1240. The number of fused-ring (bicyclic) bond motifs is 1. The molecule has 0 N–H and O–H groups in total. The van der Waals surface area contributed by atoms with E-state index in [2.05, 4.69) is 10.2 Å². The number of hydrogen-bond acceptors (Lipinski definition) is 3. The largest absolute Gasteiger partial charge is 0.330 e. The van der Waals surface area contributed by atoms with Crippen LogP contribution in [0.2, 0.25) is 0 Å². The molecule has 10 heteroatoms. The van der Waals surface area contributed by atoms with Crippen LogP contribution in [-0.4, -0.2) is 36.9 Å². The van der Waals surface area contributed by atoms with Crippen LogP contribution in [0.15, 0.2) is 18.3 Å². The van der Waals surface area contributed by atoms with Crippen LogP contribution in [0.5, 0.6) is 0 Å². The van der Waals surface area contributed by atoms with E-state index < -0.39 is 29.2 Å². The lowest BCUT2D eigenvalue weighted by Gasteiger charge is -2.33. The highest BCUT2D eigenvalue weighted by Gasteiger charge is 2.50. The monoisotopic (exact) mass is 447 g/mol. The molecule has 1 fully saturated rings. The van der Waals surface area contributed by atoms with Gasteiger partial charge in [-0.15, -0.1) is 0 Å². The van der Waals surface area contributed by atoms with E-state index in [0.717, 1.165) is 17.7 Å². The summed E-state index contributed by atoms with van der Waals surface area (Å²) in [5.41, 5.74) is 0.979. The van der Waals surface area contributed by atoms with E-state index in [9.17, 15) is 22.4 Å². The molecular weight excluding hydrogens is 426 g/mol. The molecule has 6 nitrogen and oxygen atoms in total. The Morgan fingerprint density at radius 3 is 2.41 bits per heavy atom. The molecule has 3 heterocycles. The van der Waals surface area contributed by atoms with Crippen molar-refractivity contribution < 1.29 is 22.4 Å². The Kier molecular flexibility index (Phi) is 4.48. The summed E-state index contributed by atoms with van der Waals surface area (Å²) in [5.74, 6) is -4.41. The first-order valence-electron chi connectivity index (χ1n) is 10.4. The lowest BCUT2D eigenvalue weighted by atomic mass is 9.94. The van der Waals surface area contributed by atoms with Gasteiger partial charge < -0.3 is 4.90 Å². The number of amides is 1. The van der Waals surface area contributed by atoms with Gasteiger partial charge in [-0.25, -0.2) is 17.6 Å². The normalized spacial score (nSPS) is 19.2. The summed E-state index contributed by atoms with van der Waals surface area (Å²) < 4.78 is 58.8. The van der Waals surface area contributed by atoms with Crippen molar-refractivity contribution in [3.63, 3.8) is 0 Å². The van der Waals surface area contributed by atoms with Gasteiger partial charge in [0.2, 0.25) is 0 Å². The fourth-order valence-electron chi connectivity index (χ4n) is 4.70. The molecule has 2 aliphatic rings. The molecule has 1 amide bonds. The zero-order valence-corrected chi connectivity index (χ0v) is 17.8. The molecule has 1 aromatic carbocycles. The van der Waals surface area contributed by atoms with Gasteiger partial charge in [-0.05, 0) is 38.3 Å². The Balaban J connectivity index is 1.51. The number of rotatable bonds is 3. The maximum absolute atomic E-state index is 14.9. The quantitative estimate of drug-likeness (QED) is 0.451. The molecule has 1 saturated carbocycles. The molecule has 32 heavy (non-hydrogen) atoms. The first-order valence-corrected chi connectivity index (χ1v) is 10.4. The van der Waals surface area contributed by atoms with Gasteiger partial charge in [0.05, 0.1) is 34.9 Å². The molecule has 0 saturated heterocycles. The average molecular weight is 447 g/mol. The van der Waals surface area contributed by atoms with E-state index in [0.29, 0.717) is 42.9 Å². The molecule has 1 atom stereocenters. The van der Waals surface area contributed by atoms with Crippen LogP contribution in [-0.2, 0) is 26.2 Å². The predicted octanol–water partition coefficient (Wildman–Crippen LogP) is 3.96. The molecule has 3 aromatic rings. The van der Waals surface area contributed by atoms with Gasteiger partial charge in [-0.1, -0.05) is 0 Å². The van der Waals surface area contributed by atoms with Crippen molar-refractivity contribution in [2.75, 3.05) is 6.54 Å². The minimum absolute atomic E-state index is 0.173. The molecule has 168 valence electrons. The zero-order chi connectivity index (χ0) is 22.9. The molecule has 0 bridgehead atoms. The highest BCUT2D eigenvalue weighted by molar-refractivity contribution is 5.96. The highest BCUT2D eigenvalue weighted by Crippen LogP contribution is 2.50. The van der Waals surface area contributed by atoms with Gasteiger partial charge in [-0.2, -0.15) is 10.2 Å². The number of alkyl halides is 1. The van der Waals surface area contributed by atoms with Gasteiger partial charge >= 0.3 is 0 Å². The maximum atomic E-state index is 14.9. The Hall–Kier alpha value is -3.17. The third-order valence-electron chi connectivity index (χ3n) is 6.44. The van der Waals surface area contributed by atoms with Gasteiger partial charge in [0.15, 0.2) is 23.1 Å². The lowest BCUT2D eigenvalue weighted by molar-refractivity contribution is 0.0669.